The summed E-state index contributed by atoms with van der Waals surface area (Å²) in [6.45, 7) is 0. The number of anilines is 1. The van der Waals surface area contributed by atoms with Crippen molar-refractivity contribution >= 4 is 16.6 Å². The van der Waals surface area contributed by atoms with Gasteiger partial charge in [-0.2, -0.15) is 0 Å². The Labute approximate surface area is 148 Å². The molecule has 2 bridgehead atoms. The molecule has 0 saturated carbocycles. The molecule has 2 aliphatic rings. The molecule has 0 spiro atoms. The van der Waals surface area contributed by atoms with Gasteiger partial charge in [0.25, 0.3) is 0 Å². The van der Waals surface area contributed by atoms with E-state index in [1.54, 1.807) is 0 Å². The monoisotopic (exact) mass is 332 g/mol. The summed E-state index contributed by atoms with van der Waals surface area (Å²) in [5.41, 5.74) is 4.67. The van der Waals surface area contributed by atoms with Gasteiger partial charge in [0.2, 0.25) is 0 Å². The number of nitrogens with one attached hydrogen (secondary N) is 2. The summed E-state index contributed by atoms with van der Waals surface area (Å²) < 4.78 is 0. The topological polar surface area (TPSA) is 44.0 Å². The lowest BCUT2D eigenvalue weighted by Gasteiger charge is -2.37. The molecule has 3 atom stereocenters. The summed E-state index contributed by atoms with van der Waals surface area (Å²) >= 11 is 0. The Bertz CT molecular complexity index is 886. The van der Waals surface area contributed by atoms with Crippen LogP contribution in [0.1, 0.15) is 25.7 Å². The molecule has 4 heterocycles. The number of rotatable bonds is 3. The van der Waals surface area contributed by atoms with Gasteiger partial charge < -0.3 is 15.2 Å². The molecular weight excluding hydrogens is 308 g/mol. The summed E-state index contributed by atoms with van der Waals surface area (Å²) in [7, 11) is 2.29. The first-order valence-corrected chi connectivity index (χ1v) is 9.27. The molecule has 1 aromatic carbocycles. The number of benzene rings is 1. The Morgan fingerprint density at radius 3 is 2.72 bits per heavy atom. The van der Waals surface area contributed by atoms with Crippen LogP contribution in [0.2, 0.25) is 0 Å². The van der Waals surface area contributed by atoms with Crippen LogP contribution >= 0.6 is 0 Å². The first-order valence-electron chi connectivity index (χ1n) is 9.27. The van der Waals surface area contributed by atoms with Crippen molar-refractivity contribution in [2.24, 2.45) is 0 Å². The van der Waals surface area contributed by atoms with Gasteiger partial charge in [-0.1, -0.05) is 12.1 Å². The minimum absolute atomic E-state index is 0.566. The fraction of sp³-hybridized carbons (Fsp3) is 0.381. The maximum Gasteiger partial charge on any atom is 0.0535 e. The predicted octanol–water partition coefficient (Wildman–Crippen LogP) is 4.27. The van der Waals surface area contributed by atoms with Crippen LogP contribution < -0.4 is 5.32 Å². The van der Waals surface area contributed by atoms with Crippen LogP contribution in [0.25, 0.3) is 22.0 Å². The van der Waals surface area contributed by atoms with Crippen molar-refractivity contribution < 1.29 is 0 Å². The first-order chi connectivity index (χ1) is 12.3. The van der Waals surface area contributed by atoms with Crippen molar-refractivity contribution in [2.45, 2.75) is 43.8 Å². The van der Waals surface area contributed by atoms with Gasteiger partial charge in [0, 0.05) is 47.8 Å². The molecule has 2 aliphatic heterocycles. The Hall–Kier alpha value is -2.33. The molecule has 5 rings (SSSR count). The van der Waals surface area contributed by atoms with Crippen LogP contribution in [0.15, 0.2) is 48.9 Å². The maximum atomic E-state index is 4.48. The van der Waals surface area contributed by atoms with Gasteiger partial charge in [-0.05, 0) is 61.9 Å². The van der Waals surface area contributed by atoms with Gasteiger partial charge in [0.1, 0.15) is 0 Å². The van der Waals surface area contributed by atoms with Gasteiger partial charge in [-0.25, -0.2) is 0 Å². The fourth-order valence-corrected chi connectivity index (χ4v) is 4.67. The molecule has 2 N–H and O–H groups in total. The molecule has 25 heavy (non-hydrogen) atoms. The van der Waals surface area contributed by atoms with Gasteiger partial charge in [0.05, 0.1) is 5.69 Å². The van der Waals surface area contributed by atoms with E-state index in [1.165, 1.54) is 42.1 Å². The summed E-state index contributed by atoms with van der Waals surface area (Å²) in [4.78, 5) is 10.4. The van der Waals surface area contributed by atoms with Gasteiger partial charge >= 0.3 is 0 Å². The zero-order valence-corrected chi connectivity index (χ0v) is 14.6. The Kier molecular flexibility index (Phi) is 3.52. The highest BCUT2D eigenvalue weighted by Crippen LogP contribution is 2.35. The fourth-order valence-electron chi connectivity index (χ4n) is 4.67. The van der Waals surface area contributed by atoms with E-state index in [0.29, 0.717) is 6.04 Å². The quantitative estimate of drug-likeness (QED) is 0.753. The van der Waals surface area contributed by atoms with E-state index in [-0.39, 0.29) is 0 Å². The normalized spacial score (nSPS) is 26.2. The van der Waals surface area contributed by atoms with E-state index in [4.69, 9.17) is 0 Å². The lowest BCUT2D eigenvalue weighted by atomic mass is 9.97. The van der Waals surface area contributed by atoms with Crippen LogP contribution in [0.4, 0.5) is 5.69 Å². The third kappa shape index (κ3) is 2.71. The van der Waals surface area contributed by atoms with Crippen molar-refractivity contribution in [3.05, 3.63) is 48.9 Å². The summed E-state index contributed by atoms with van der Waals surface area (Å²) in [6, 6.07) is 12.9. The smallest absolute Gasteiger partial charge is 0.0535 e. The highest BCUT2D eigenvalue weighted by Gasteiger charge is 2.38. The van der Waals surface area contributed by atoms with E-state index >= 15 is 0 Å². The summed E-state index contributed by atoms with van der Waals surface area (Å²) in [5, 5.41) is 4.99. The molecule has 2 aromatic heterocycles. The zero-order chi connectivity index (χ0) is 16.8. The molecule has 2 fully saturated rings. The summed E-state index contributed by atoms with van der Waals surface area (Å²) in [5.74, 6) is 0. The van der Waals surface area contributed by atoms with Gasteiger partial charge in [-0.15, -0.1) is 0 Å². The highest BCUT2D eigenvalue weighted by molar-refractivity contribution is 5.85. The first kappa shape index (κ1) is 15.0. The second kappa shape index (κ2) is 5.88. The van der Waals surface area contributed by atoms with E-state index in [0.717, 1.165) is 23.3 Å². The van der Waals surface area contributed by atoms with E-state index < -0.39 is 0 Å². The summed E-state index contributed by atoms with van der Waals surface area (Å²) in [6.07, 6.45) is 11.1. The number of nitrogens with zero attached hydrogens (tertiary/aromatic N) is 2. The van der Waals surface area contributed by atoms with Gasteiger partial charge in [0.15, 0.2) is 0 Å². The minimum atomic E-state index is 0.566. The number of pyridine rings is 1. The molecule has 128 valence electrons. The lowest BCUT2D eigenvalue weighted by molar-refractivity contribution is 0.169. The third-order valence-electron chi connectivity index (χ3n) is 6.10. The van der Waals surface area contributed by atoms with E-state index in [9.17, 15) is 0 Å². The maximum absolute atomic E-state index is 4.48. The van der Waals surface area contributed by atoms with Crippen LogP contribution in [0.3, 0.4) is 0 Å². The van der Waals surface area contributed by atoms with Crippen LogP contribution in [0, 0.1) is 0 Å². The third-order valence-corrected chi connectivity index (χ3v) is 6.10. The molecule has 4 heteroatoms. The van der Waals surface area contributed by atoms with Crippen molar-refractivity contribution in [1.82, 2.24) is 14.9 Å². The number of aromatic amines is 1. The SMILES string of the molecule is CN1[C@@H]2CC[C@H]1C[C@@H](Nc1cncc(-c3ccc4cc[nH]c4c3)c1)C2. The van der Waals surface area contributed by atoms with Crippen molar-refractivity contribution in [3.8, 4) is 11.1 Å². The standard InChI is InChI=1S/C21H24N4/c1-25-19-4-5-20(25)11-17(10-19)24-18-8-16(12-22-13-18)15-3-2-14-6-7-23-21(14)9-15/h2-3,6-9,12-13,17,19-20,23-24H,4-5,10-11H2,1H3/t17-,19+,20-. The van der Waals surface area contributed by atoms with Crippen molar-refractivity contribution in [3.63, 3.8) is 0 Å². The molecular formula is C21H24N4. The lowest BCUT2D eigenvalue weighted by Crippen LogP contribution is -2.44. The van der Waals surface area contributed by atoms with E-state index in [2.05, 4.69) is 57.6 Å². The Balaban J connectivity index is 1.38. The molecule has 2 saturated heterocycles. The molecule has 0 amide bonds. The second-order valence-corrected chi connectivity index (χ2v) is 7.61. The highest BCUT2D eigenvalue weighted by atomic mass is 15.2. The number of piperidine rings is 1. The minimum Gasteiger partial charge on any atom is -0.381 e. The molecule has 3 aromatic rings. The molecule has 0 radical (unpaired) electrons. The average Bonchev–Trinajstić information content (AvgIpc) is 3.16. The number of hydrogen-bond donors (Lipinski definition) is 2. The number of hydrogen-bond acceptors (Lipinski definition) is 3. The van der Waals surface area contributed by atoms with Crippen LogP contribution in [0.5, 0.6) is 0 Å². The largest absolute Gasteiger partial charge is 0.381 e. The number of fused-ring (bicyclic) bond motifs is 3. The van der Waals surface area contributed by atoms with E-state index in [1.807, 2.05) is 18.6 Å². The second-order valence-electron chi connectivity index (χ2n) is 7.61. The number of H-pyrrole nitrogens is 1. The number of aromatic nitrogens is 2. The molecule has 0 aliphatic carbocycles. The van der Waals surface area contributed by atoms with Gasteiger partial charge in [-0.3, -0.25) is 4.98 Å². The Morgan fingerprint density at radius 2 is 1.88 bits per heavy atom. The molecule has 4 nitrogen and oxygen atoms in total. The Morgan fingerprint density at radius 1 is 1.04 bits per heavy atom. The van der Waals surface area contributed by atoms with Crippen LogP contribution in [-0.2, 0) is 0 Å². The van der Waals surface area contributed by atoms with Crippen LogP contribution in [-0.4, -0.2) is 40.0 Å². The zero-order valence-electron chi connectivity index (χ0n) is 14.6. The average molecular weight is 332 g/mol. The predicted molar refractivity (Wildman–Crippen MR) is 103 cm³/mol. The molecule has 0 unspecified atom stereocenters. The van der Waals surface area contributed by atoms with Crippen molar-refractivity contribution in [2.75, 3.05) is 12.4 Å². The van der Waals surface area contributed by atoms with Crippen molar-refractivity contribution in [1.29, 1.82) is 0 Å².